The highest BCUT2D eigenvalue weighted by Crippen LogP contribution is 2.24. The highest BCUT2D eigenvalue weighted by atomic mass is 35.5. The van der Waals surface area contributed by atoms with E-state index in [9.17, 15) is 9.59 Å². The van der Waals surface area contributed by atoms with E-state index < -0.39 is 5.91 Å². The predicted molar refractivity (Wildman–Crippen MR) is 93.3 cm³/mol. The Morgan fingerprint density at radius 1 is 1.16 bits per heavy atom. The Balaban J connectivity index is 1.90. The van der Waals surface area contributed by atoms with Gasteiger partial charge < -0.3 is 11.1 Å². The van der Waals surface area contributed by atoms with E-state index in [-0.39, 0.29) is 16.5 Å². The number of hydrogen-bond acceptors (Lipinski definition) is 4. The van der Waals surface area contributed by atoms with Crippen molar-refractivity contribution < 1.29 is 9.59 Å². The summed E-state index contributed by atoms with van der Waals surface area (Å²) in [6.07, 6.45) is 5.03. The van der Waals surface area contributed by atoms with E-state index in [1.165, 1.54) is 12.1 Å². The van der Waals surface area contributed by atoms with Crippen LogP contribution in [0.2, 0.25) is 5.02 Å². The zero-order valence-corrected chi connectivity index (χ0v) is 14.3. The molecule has 0 saturated heterocycles. The Kier molecular flexibility index (Phi) is 4.28. The summed E-state index contributed by atoms with van der Waals surface area (Å²) in [6, 6.07) is 4.50. The lowest BCUT2D eigenvalue weighted by molar-refractivity contribution is 0.0998. The summed E-state index contributed by atoms with van der Waals surface area (Å²) in [4.78, 5) is 23.8. The molecule has 3 N–H and O–H groups in total. The first-order chi connectivity index (χ1) is 11.8. The van der Waals surface area contributed by atoms with Crippen molar-refractivity contribution in [1.29, 1.82) is 0 Å². The molecular formula is C16H15ClN6O2. The van der Waals surface area contributed by atoms with Gasteiger partial charge in [0.05, 0.1) is 22.3 Å². The fourth-order valence-electron chi connectivity index (χ4n) is 2.40. The second-order valence-electron chi connectivity index (χ2n) is 5.48. The average molecular weight is 359 g/mol. The van der Waals surface area contributed by atoms with Gasteiger partial charge >= 0.3 is 0 Å². The zero-order valence-electron chi connectivity index (χ0n) is 13.5. The normalized spacial score (nSPS) is 10.7. The van der Waals surface area contributed by atoms with Crippen LogP contribution in [-0.2, 0) is 14.1 Å². The molecule has 0 fully saturated rings. The zero-order chi connectivity index (χ0) is 18.1. The number of benzene rings is 1. The van der Waals surface area contributed by atoms with Gasteiger partial charge in [-0.05, 0) is 18.2 Å². The van der Waals surface area contributed by atoms with E-state index in [0.29, 0.717) is 16.9 Å². The fourth-order valence-corrected chi connectivity index (χ4v) is 2.68. The molecule has 2 amide bonds. The number of hydrogen-bond donors (Lipinski definition) is 2. The van der Waals surface area contributed by atoms with E-state index in [1.54, 1.807) is 48.1 Å². The molecule has 0 unspecified atom stereocenters. The number of carbonyl (C=O) groups is 2. The Morgan fingerprint density at radius 3 is 2.52 bits per heavy atom. The van der Waals surface area contributed by atoms with Gasteiger partial charge in [0.2, 0.25) is 5.91 Å². The molecule has 0 atom stereocenters. The molecule has 2 heterocycles. The molecule has 0 aliphatic carbocycles. The minimum atomic E-state index is -0.631. The van der Waals surface area contributed by atoms with Crippen molar-refractivity contribution in [3.8, 4) is 11.3 Å². The number of nitrogens with one attached hydrogen (secondary N) is 1. The Morgan fingerprint density at radius 2 is 1.92 bits per heavy atom. The minimum Gasteiger partial charge on any atom is -0.366 e. The molecule has 128 valence electrons. The quantitative estimate of drug-likeness (QED) is 0.741. The van der Waals surface area contributed by atoms with Crippen LogP contribution in [0.1, 0.15) is 20.7 Å². The second-order valence-corrected chi connectivity index (χ2v) is 5.89. The van der Waals surface area contributed by atoms with Crippen LogP contribution < -0.4 is 11.1 Å². The van der Waals surface area contributed by atoms with Gasteiger partial charge in [0.25, 0.3) is 5.91 Å². The van der Waals surface area contributed by atoms with Gasteiger partial charge in [-0.25, -0.2) is 0 Å². The number of halogens is 1. The highest BCUT2D eigenvalue weighted by Gasteiger charge is 2.19. The molecule has 0 aliphatic rings. The van der Waals surface area contributed by atoms with Crippen LogP contribution in [0.3, 0.4) is 0 Å². The smallest absolute Gasteiger partial charge is 0.259 e. The van der Waals surface area contributed by atoms with E-state index in [1.807, 2.05) is 0 Å². The van der Waals surface area contributed by atoms with Crippen molar-refractivity contribution >= 4 is 29.1 Å². The summed E-state index contributed by atoms with van der Waals surface area (Å²) in [5.41, 5.74) is 7.50. The van der Waals surface area contributed by atoms with Crippen molar-refractivity contribution in [2.45, 2.75) is 0 Å². The number of nitrogens with two attached hydrogens (primary N) is 1. The molecule has 3 rings (SSSR count). The van der Waals surface area contributed by atoms with E-state index >= 15 is 0 Å². The van der Waals surface area contributed by atoms with Crippen molar-refractivity contribution in [1.82, 2.24) is 19.6 Å². The van der Waals surface area contributed by atoms with Crippen LogP contribution in [0.4, 0.5) is 5.69 Å². The molecule has 2 aromatic heterocycles. The van der Waals surface area contributed by atoms with Gasteiger partial charge in [-0.3, -0.25) is 19.0 Å². The van der Waals surface area contributed by atoms with Crippen molar-refractivity contribution in [2.75, 3.05) is 5.32 Å². The van der Waals surface area contributed by atoms with E-state index in [0.717, 1.165) is 5.56 Å². The van der Waals surface area contributed by atoms with Crippen LogP contribution in [0.5, 0.6) is 0 Å². The molecule has 8 nitrogen and oxygen atoms in total. The van der Waals surface area contributed by atoms with Crippen LogP contribution in [0.25, 0.3) is 11.3 Å². The standard InChI is InChI=1S/C16H15ClN6O2/c1-22-7-9(6-19-22)14-12(8-23(2)21-14)16(25)20-10-3-4-11(15(18)24)13(17)5-10/h3-8H,1-2H3,(H2,18,24)(H,20,25). The first kappa shape index (κ1) is 16.7. The number of rotatable bonds is 4. The number of primary amides is 1. The van der Waals surface area contributed by atoms with Crippen molar-refractivity contribution in [3.63, 3.8) is 0 Å². The maximum absolute atomic E-state index is 12.6. The number of aromatic nitrogens is 4. The molecule has 9 heteroatoms. The van der Waals surface area contributed by atoms with Gasteiger partial charge in [0, 0.05) is 37.7 Å². The highest BCUT2D eigenvalue weighted by molar-refractivity contribution is 6.34. The van der Waals surface area contributed by atoms with Crippen LogP contribution >= 0.6 is 11.6 Å². The first-order valence-corrected chi connectivity index (χ1v) is 7.66. The van der Waals surface area contributed by atoms with Gasteiger partial charge in [0.15, 0.2) is 0 Å². The number of carbonyl (C=O) groups excluding carboxylic acids is 2. The molecule has 1 aromatic carbocycles. The summed E-state index contributed by atoms with van der Waals surface area (Å²) >= 11 is 6.01. The number of aryl methyl sites for hydroxylation is 2. The summed E-state index contributed by atoms with van der Waals surface area (Å²) in [6.45, 7) is 0. The molecule has 0 spiro atoms. The van der Waals surface area contributed by atoms with Crippen LogP contribution in [-0.4, -0.2) is 31.4 Å². The lowest BCUT2D eigenvalue weighted by Crippen LogP contribution is -2.14. The third-order valence-corrected chi connectivity index (χ3v) is 3.86. The maximum Gasteiger partial charge on any atom is 0.259 e. The monoisotopic (exact) mass is 358 g/mol. The maximum atomic E-state index is 12.6. The summed E-state index contributed by atoms with van der Waals surface area (Å²) < 4.78 is 3.19. The van der Waals surface area contributed by atoms with Crippen LogP contribution in [0, 0.1) is 0 Å². The molecule has 0 aliphatic heterocycles. The predicted octanol–water partition coefficient (Wildman–Crippen LogP) is 1.83. The van der Waals surface area contributed by atoms with Crippen molar-refractivity contribution in [2.24, 2.45) is 19.8 Å². The lowest BCUT2D eigenvalue weighted by Gasteiger charge is -2.07. The number of nitrogens with zero attached hydrogens (tertiary/aromatic N) is 4. The Labute approximate surface area is 148 Å². The Bertz CT molecular complexity index is 975. The summed E-state index contributed by atoms with van der Waals surface area (Å²) in [5, 5.41) is 11.3. The first-order valence-electron chi connectivity index (χ1n) is 7.28. The van der Waals surface area contributed by atoms with Gasteiger partial charge in [-0.1, -0.05) is 11.6 Å². The molecule has 0 saturated carbocycles. The van der Waals surface area contributed by atoms with Crippen LogP contribution in [0.15, 0.2) is 36.8 Å². The molecule has 0 bridgehead atoms. The SMILES string of the molecule is Cn1cc(-c2nn(C)cc2C(=O)Nc2ccc(C(N)=O)c(Cl)c2)cn1. The number of amides is 2. The molecular weight excluding hydrogens is 344 g/mol. The minimum absolute atomic E-state index is 0.170. The molecule has 0 radical (unpaired) electrons. The molecule has 25 heavy (non-hydrogen) atoms. The lowest BCUT2D eigenvalue weighted by atomic mass is 10.1. The Hall–Kier alpha value is -3.13. The van der Waals surface area contributed by atoms with E-state index in [2.05, 4.69) is 15.5 Å². The van der Waals surface area contributed by atoms with E-state index in [4.69, 9.17) is 17.3 Å². The third-order valence-electron chi connectivity index (χ3n) is 3.54. The fraction of sp³-hybridized carbons (Fsp3) is 0.125. The summed E-state index contributed by atoms with van der Waals surface area (Å²) in [7, 11) is 3.52. The van der Waals surface area contributed by atoms with Gasteiger partial charge in [-0.15, -0.1) is 0 Å². The summed E-state index contributed by atoms with van der Waals surface area (Å²) in [5.74, 6) is -0.983. The topological polar surface area (TPSA) is 108 Å². The largest absolute Gasteiger partial charge is 0.366 e. The third kappa shape index (κ3) is 3.38. The van der Waals surface area contributed by atoms with Crippen molar-refractivity contribution in [3.05, 3.63) is 52.9 Å². The average Bonchev–Trinajstić information content (AvgIpc) is 3.12. The second kappa shape index (κ2) is 6.40. The van der Waals surface area contributed by atoms with Gasteiger partial charge in [-0.2, -0.15) is 10.2 Å². The molecule has 3 aromatic rings. The number of anilines is 1. The van der Waals surface area contributed by atoms with Gasteiger partial charge in [0.1, 0.15) is 5.69 Å².